The molecule has 0 bridgehead atoms. The van der Waals surface area contributed by atoms with Crippen LogP contribution in [-0.4, -0.2) is 18.1 Å². The standard InChI is InChI=1S/C14H21NO2/c1-4-17-13(16)9-11-6-5-7-12(8-11)10-14(2,3)15/h5-8H,4,9-10,15H2,1-3H3. The maximum Gasteiger partial charge on any atom is 0.310 e. The lowest BCUT2D eigenvalue weighted by Gasteiger charge is -2.18. The molecule has 0 aliphatic rings. The lowest BCUT2D eigenvalue weighted by molar-refractivity contribution is -0.142. The molecule has 0 fully saturated rings. The third-order valence-electron chi connectivity index (χ3n) is 2.30. The second-order valence-electron chi connectivity index (χ2n) is 4.97. The predicted molar refractivity (Wildman–Crippen MR) is 68.7 cm³/mol. The summed E-state index contributed by atoms with van der Waals surface area (Å²) in [5.41, 5.74) is 7.87. The molecule has 0 amide bonds. The van der Waals surface area contributed by atoms with Crippen molar-refractivity contribution in [1.82, 2.24) is 0 Å². The van der Waals surface area contributed by atoms with E-state index in [4.69, 9.17) is 10.5 Å². The maximum atomic E-state index is 11.4. The molecule has 1 rings (SSSR count). The van der Waals surface area contributed by atoms with Crippen molar-refractivity contribution in [2.45, 2.75) is 39.2 Å². The van der Waals surface area contributed by atoms with E-state index in [2.05, 4.69) is 0 Å². The van der Waals surface area contributed by atoms with Gasteiger partial charge in [0.15, 0.2) is 0 Å². The van der Waals surface area contributed by atoms with E-state index in [1.165, 1.54) is 0 Å². The Kier molecular flexibility index (Phi) is 4.70. The molecule has 0 saturated heterocycles. The summed E-state index contributed by atoms with van der Waals surface area (Å²) in [5.74, 6) is -0.184. The van der Waals surface area contributed by atoms with Gasteiger partial charge in [-0.15, -0.1) is 0 Å². The van der Waals surface area contributed by atoms with Crippen molar-refractivity contribution < 1.29 is 9.53 Å². The normalized spacial score (nSPS) is 11.3. The van der Waals surface area contributed by atoms with Crippen LogP contribution in [0.2, 0.25) is 0 Å². The summed E-state index contributed by atoms with van der Waals surface area (Å²) in [6.45, 7) is 6.22. The van der Waals surface area contributed by atoms with Crippen molar-refractivity contribution in [3.05, 3.63) is 35.4 Å². The molecule has 0 spiro atoms. The van der Waals surface area contributed by atoms with Gasteiger partial charge in [-0.2, -0.15) is 0 Å². The molecule has 3 heteroatoms. The number of nitrogens with two attached hydrogens (primary N) is 1. The van der Waals surface area contributed by atoms with Gasteiger partial charge in [0.05, 0.1) is 13.0 Å². The second-order valence-corrected chi connectivity index (χ2v) is 4.97. The largest absolute Gasteiger partial charge is 0.466 e. The Morgan fingerprint density at radius 2 is 2.00 bits per heavy atom. The number of esters is 1. The van der Waals surface area contributed by atoms with Crippen LogP contribution >= 0.6 is 0 Å². The highest BCUT2D eigenvalue weighted by molar-refractivity contribution is 5.72. The van der Waals surface area contributed by atoms with E-state index in [9.17, 15) is 4.79 Å². The summed E-state index contributed by atoms with van der Waals surface area (Å²) < 4.78 is 4.92. The fraction of sp³-hybridized carbons (Fsp3) is 0.500. The zero-order valence-electron chi connectivity index (χ0n) is 10.8. The molecule has 0 aromatic heterocycles. The van der Waals surface area contributed by atoms with Gasteiger partial charge in [0.1, 0.15) is 0 Å². The van der Waals surface area contributed by atoms with E-state index in [0.717, 1.165) is 17.5 Å². The molecule has 17 heavy (non-hydrogen) atoms. The molecule has 0 aliphatic carbocycles. The van der Waals surface area contributed by atoms with Crippen LogP contribution in [0, 0.1) is 0 Å². The van der Waals surface area contributed by atoms with E-state index in [1.807, 2.05) is 45.0 Å². The van der Waals surface area contributed by atoms with Crippen LogP contribution in [0.4, 0.5) is 0 Å². The lowest BCUT2D eigenvalue weighted by atomic mass is 9.95. The van der Waals surface area contributed by atoms with Crippen LogP contribution in [0.3, 0.4) is 0 Å². The molecule has 1 aromatic rings. The van der Waals surface area contributed by atoms with Gasteiger partial charge in [-0.25, -0.2) is 0 Å². The maximum absolute atomic E-state index is 11.4. The zero-order chi connectivity index (χ0) is 12.9. The molecule has 1 aromatic carbocycles. The summed E-state index contributed by atoms with van der Waals surface area (Å²) in [4.78, 5) is 11.4. The summed E-state index contributed by atoms with van der Waals surface area (Å²) in [5, 5.41) is 0. The monoisotopic (exact) mass is 235 g/mol. The molecule has 0 aliphatic heterocycles. The highest BCUT2D eigenvalue weighted by Crippen LogP contribution is 2.12. The first-order chi connectivity index (χ1) is 7.90. The van der Waals surface area contributed by atoms with Gasteiger partial charge in [-0.3, -0.25) is 4.79 Å². The molecule has 0 atom stereocenters. The van der Waals surface area contributed by atoms with E-state index in [0.29, 0.717) is 13.0 Å². The highest BCUT2D eigenvalue weighted by Gasteiger charge is 2.12. The Hall–Kier alpha value is -1.35. The van der Waals surface area contributed by atoms with Gasteiger partial charge >= 0.3 is 5.97 Å². The fourth-order valence-electron chi connectivity index (χ4n) is 1.75. The highest BCUT2D eigenvalue weighted by atomic mass is 16.5. The van der Waals surface area contributed by atoms with Crippen molar-refractivity contribution in [3.63, 3.8) is 0 Å². The number of rotatable bonds is 5. The first-order valence-electron chi connectivity index (χ1n) is 5.93. The molecule has 0 heterocycles. The Morgan fingerprint density at radius 3 is 2.59 bits per heavy atom. The van der Waals surface area contributed by atoms with Crippen LogP contribution in [0.15, 0.2) is 24.3 Å². The third kappa shape index (κ3) is 5.50. The first kappa shape index (κ1) is 13.7. The average molecular weight is 235 g/mol. The number of benzene rings is 1. The second kappa shape index (κ2) is 5.82. The van der Waals surface area contributed by atoms with Crippen LogP contribution in [0.5, 0.6) is 0 Å². The van der Waals surface area contributed by atoms with Gasteiger partial charge in [0.2, 0.25) is 0 Å². The summed E-state index contributed by atoms with van der Waals surface area (Å²) in [7, 11) is 0. The lowest BCUT2D eigenvalue weighted by Crippen LogP contribution is -2.34. The number of hydrogen-bond acceptors (Lipinski definition) is 3. The number of carbonyl (C=O) groups excluding carboxylic acids is 1. The van der Waals surface area contributed by atoms with Crippen molar-refractivity contribution in [2.75, 3.05) is 6.61 Å². The average Bonchev–Trinajstić information content (AvgIpc) is 2.15. The Balaban J connectivity index is 2.69. The Bertz CT molecular complexity index is 380. The van der Waals surface area contributed by atoms with Gasteiger partial charge in [-0.05, 0) is 38.3 Å². The molecule has 94 valence electrons. The van der Waals surface area contributed by atoms with Gasteiger partial charge < -0.3 is 10.5 Å². The minimum atomic E-state index is -0.234. The Labute approximate surface area is 103 Å². The van der Waals surface area contributed by atoms with Gasteiger partial charge in [0.25, 0.3) is 0 Å². The van der Waals surface area contributed by atoms with E-state index >= 15 is 0 Å². The minimum Gasteiger partial charge on any atom is -0.466 e. The molecule has 3 nitrogen and oxygen atoms in total. The molecule has 0 radical (unpaired) electrons. The van der Waals surface area contributed by atoms with Crippen LogP contribution in [0.1, 0.15) is 31.9 Å². The quantitative estimate of drug-likeness (QED) is 0.795. The van der Waals surface area contributed by atoms with Gasteiger partial charge in [0, 0.05) is 5.54 Å². The van der Waals surface area contributed by atoms with Crippen LogP contribution in [0.25, 0.3) is 0 Å². The van der Waals surface area contributed by atoms with Gasteiger partial charge in [-0.1, -0.05) is 24.3 Å². The molecular formula is C14H21NO2. The summed E-state index contributed by atoms with van der Waals surface area (Å²) in [6.07, 6.45) is 1.12. The van der Waals surface area contributed by atoms with Crippen molar-refractivity contribution >= 4 is 5.97 Å². The van der Waals surface area contributed by atoms with Crippen molar-refractivity contribution in [1.29, 1.82) is 0 Å². The SMILES string of the molecule is CCOC(=O)Cc1cccc(CC(C)(C)N)c1. The van der Waals surface area contributed by atoms with Crippen molar-refractivity contribution in [2.24, 2.45) is 5.73 Å². The van der Waals surface area contributed by atoms with E-state index in [-0.39, 0.29) is 11.5 Å². The number of carbonyl (C=O) groups is 1. The summed E-state index contributed by atoms with van der Waals surface area (Å²) in [6, 6.07) is 7.94. The third-order valence-corrected chi connectivity index (χ3v) is 2.30. The smallest absolute Gasteiger partial charge is 0.310 e. The topological polar surface area (TPSA) is 52.3 Å². The molecule has 0 unspecified atom stereocenters. The first-order valence-corrected chi connectivity index (χ1v) is 5.93. The van der Waals surface area contributed by atoms with Crippen LogP contribution in [-0.2, 0) is 22.4 Å². The minimum absolute atomic E-state index is 0.184. The Morgan fingerprint density at radius 1 is 1.35 bits per heavy atom. The zero-order valence-corrected chi connectivity index (χ0v) is 10.8. The summed E-state index contributed by atoms with van der Waals surface area (Å²) >= 11 is 0. The molecule has 2 N–H and O–H groups in total. The van der Waals surface area contributed by atoms with Crippen LogP contribution < -0.4 is 5.73 Å². The van der Waals surface area contributed by atoms with Crippen molar-refractivity contribution in [3.8, 4) is 0 Å². The van der Waals surface area contributed by atoms with E-state index < -0.39 is 0 Å². The number of hydrogen-bond donors (Lipinski definition) is 1. The molecular weight excluding hydrogens is 214 g/mol. The molecule has 0 saturated carbocycles. The number of ether oxygens (including phenoxy) is 1. The fourth-order valence-corrected chi connectivity index (χ4v) is 1.75. The van der Waals surface area contributed by atoms with E-state index in [1.54, 1.807) is 0 Å². The predicted octanol–water partition coefficient (Wildman–Crippen LogP) is 2.07.